The molecule has 0 atom stereocenters. The van der Waals surface area contributed by atoms with E-state index in [1.807, 2.05) is 17.0 Å². The quantitative estimate of drug-likeness (QED) is 0.681. The number of hydrogen-bond donors (Lipinski definition) is 0. The molecule has 0 N–H and O–H groups in total. The van der Waals surface area contributed by atoms with Crippen LogP contribution in [0, 0.1) is 0 Å². The van der Waals surface area contributed by atoms with Crippen LogP contribution in [0.15, 0.2) is 47.6 Å². The highest BCUT2D eigenvalue weighted by atomic mass is 16.6. The average molecular weight is 380 g/mol. The summed E-state index contributed by atoms with van der Waals surface area (Å²) in [4.78, 5) is 33.4. The van der Waals surface area contributed by atoms with Crippen LogP contribution >= 0.6 is 0 Å². The Labute approximate surface area is 162 Å². The molecule has 0 radical (unpaired) electrons. The first-order valence-electron chi connectivity index (χ1n) is 9.10. The van der Waals surface area contributed by atoms with Crippen molar-refractivity contribution >= 4 is 12.0 Å². The molecule has 0 spiro atoms. The van der Waals surface area contributed by atoms with Gasteiger partial charge in [-0.3, -0.25) is 9.97 Å². The van der Waals surface area contributed by atoms with Crippen molar-refractivity contribution < 1.29 is 13.9 Å². The van der Waals surface area contributed by atoms with Crippen LogP contribution in [0.25, 0.3) is 22.7 Å². The Kier molecular flexibility index (Phi) is 5.14. The van der Waals surface area contributed by atoms with E-state index in [2.05, 4.69) is 15.0 Å². The van der Waals surface area contributed by atoms with Crippen molar-refractivity contribution in [3.63, 3.8) is 0 Å². The minimum Gasteiger partial charge on any atom is -0.463 e. The van der Waals surface area contributed by atoms with E-state index in [1.165, 1.54) is 0 Å². The Morgan fingerprint density at radius 2 is 2.04 bits per heavy atom. The molecule has 4 rings (SSSR count). The maximum atomic E-state index is 11.9. The minimum absolute atomic E-state index is 0.280. The summed E-state index contributed by atoms with van der Waals surface area (Å²) in [6.07, 6.45) is 7.98. The molecule has 0 aliphatic carbocycles. The molecule has 1 aliphatic rings. The number of rotatable bonds is 4. The third-order valence-corrected chi connectivity index (χ3v) is 4.46. The average Bonchev–Trinajstić information content (AvgIpc) is 3.29. The second kappa shape index (κ2) is 8.03. The van der Waals surface area contributed by atoms with Crippen LogP contribution in [0.3, 0.4) is 0 Å². The third kappa shape index (κ3) is 3.64. The van der Waals surface area contributed by atoms with Gasteiger partial charge in [0.1, 0.15) is 5.69 Å². The normalized spacial score (nSPS) is 14.2. The SMILES string of the molecule is CCOC(=O)N1CCN(c2ncc(-c3cnccn3)c(-c3ccco3)n2)CC1. The van der Waals surface area contributed by atoms with Crippen molar-refractivity contribution in [3.05, 3.63) is 43.2 Å². The molecule has 1 saturated heterocycles. The first kappa shape index (κ1) is 17.9. The Hall–Kier alpha value is -3.49. The number of carbonyl (C=O) groups is 1. The zero-order chi connectivity index (χ0) is 19.3. The van der Waals surface area contributed by atoms with Gasteiger partial charge >= 0.3 is 6.09 Å². The Bertz CT molecular complexity index is 924. The van der Waals surface area contributed by atoms with E-state index in [-0.39, 0.29) is 6.09 Å². The zero-order valence-corrected chi connectivity index (χ0v) is 15.5. The highest BCUT2D eigenvalue weighted by molar-refractivity contribution is 5.76. The van der Waals surface area contributed by atoms with E-state index in [0.717, 1.165) is 5.56 Å². The lowest BCUT2D eigenvalue weighted by molar-refractivity contribution is 0.105. The fraction of sp³-hybridized carbons (Fsp3) is 0.316. The number of aromatic nitrogens is 4. The van der Waals surface area contributed by atoms with Crippen LogP contribution in [0.5, 0.6) is 0 Å². The number of piperazine rings is 1. The molecule has 144 valence electrons. The highest BCUT2D eigenvalue weighted by Gasteiger charge is 2.24. The summed E-state index contributed by atoms with van der Waals surface area (Å²) < 4.78 is 10.6. The van der Waals surface area contributed by atoms with Gasteiger partial charge in [-0.1, -0.05) is 0 Å². The monoisotopic (exact) mass is 380 g/mol. The Balaban J connectivity index is 1.60. The number of nitrogens with zero attached hydrogens (tertiary/aromatic N) is 6. The van der Waals surface area contributed by atoms with Crippen molar-refractivity contribution in [2.24, 2.45) is 0 Å². The van der Waals surface area contributed by atoms with Crippen LogP contribution in [0.4, 0.5) is 10.7 Å². The summed E-state index contributed by atoms with van der Waals surface area (Å²) in [5, 5.41) is 0. The molecule has 0 unspecified atom stereocenters. The zero-order valence-electron chi connectivity index (χ0n) is 15.5. The molecule has 9 heteroatoms. The minimum atomic E-state index is -0.280. The van der Waals surface area contributed by atoms with Crippen LogP contribution in [0.1, 0.15) is 6.92 Å². The topological polar surface area (TPSA) is 97.5 Å². The Morgan fingerprint density at radius 3 is 2.71 bits per heavy atom. The van der Waals surface area contributed by atoms with E-state index in [9.17, 15) is 4.79 Å². The van der Waals surface area contributed by atoms with Crippen molar-refractivity contribution in [2.45, 2.75) is 6.92 Å². The maximum absolute atomic E-state index is 11.9. The van der Waals surface area contributed by atoms with Gasteiger partial charge in [-0.15, -0.1) is 0 Å². The van der Waals surface area contributed by atoms with Crippen LogP contribution < -0.4 is 4.90 Å². The van der Waals surface area contributed by atoms with Gasteiger partial charge in [0.15, 0.2) is 5.76 Å². The van der Waals surface area contributed by atoms with Crippen LogP contribution in [-0.4, -0.2) is 63.7 Å². The molecule has 3 aromatic rings. The van der Waals surface area contributed by atoms with Gasteiger partial charge in [0.25, 0.3) is 0 Å². The fourth-order valence-corrected chi connectivity index (χ4v) is 3.06. The van der Waals surface area contributed by atoms with Crippen LogP contribution in [0.2, 0.25) is 0 Å². The molecule has 1 fully saturated rings. The number of furan rings is 1. The van der Waals surface area contributed by atoms with Crippen molar-refractivity contribution in [1.29, 1.82) is 0 Å². The standard InChI is InChI=1S/C19H20N6O3/c1-2-27-19(26)25-9-7-24(8-10-25)18-22-12-14(15-13-20-5-6-21-15)17(23-18)16-4-3-11-28-16/h3-6,11-13H,2,7-10H2,1H3. The lowest BCUT2D eigenvalue weighted by Crippen LogP contribution is -2.49. The number of hydrogen-bond acceptors (Lipinski definition) is 8. The van der Waals surface area contributed by atoms with E-state index < -0.39 is 0 Å². The van der Waals surface area contributed by atoms with E-state index in [4.69, 9.17) is 14.1 Å². The summed E-state index contributed by atoms with van der Waals surface area (Å²) in [5.41, 5.74) is 2.08. The predicted molar refractivity (Wildman–Crippen MR) is 102 cm³/mol. The number of amides is 1. The molecular weight excluding hydrogens is 360 g/mol. The molecule has 1 aliphatic heterocycles. The van der Waals surface area contributed by atoms with Crippen molar-refractivity contribution in [1.82, 2.24) is 24.8 Å². The summed E-state index contributed by atoms with van der Waals surface area (Å²) in [6, 6.07) is 3.67. The predicted octanol–water partition coefficient (Wildman–Crippen LogP) is 2.47. The molecule has 0 bridgehead atoms. The molecule has 1 amide bonds. The maximum Gasteiger partial charge on any atom is 0.409 e. The second-order valence-electron chi connectivity index (χ2n) is 6.17. The summed E-state index contributed by atoms with van der Waals surface area (Å²) in [7, 11) is 0. The van der Waals surface area contributed by atoms with Gasteiger partial charge < -0.3 is 19.0 Å². The fourth-order valence-electron chi connectivity index (χ4n) is 3.06. The number of carbonyl (C=O) groups excluding carboxylic acids is 1. The highest BCUT2D eigenvalue weighted by Crippen LogP contribution is 2.30. The molecule has 0 saturated carbocycles. The van der Waals surface area contributed by atoms with E-state index in [0.29, 0.717) is 55.9 Å². The first-order chi connectivity index (χ1) is 13.8. The summed E-state index contributed by atoms with van der Waals surface area (Å²) in [5.74, 6) is 1.22. The molecule has 28 heavy (non-hydrogen) atoms. The molecule has 0 aromatic carbocycles. The van der Waals surface area contributed by atoms with Gasteiger partial charge in [-0.25, -0.2) is 14.8 Å². The van der Waals surface area contributed by atoms with Gasteiger partial charge in [0, 0.05) is 50.3 Å². The summed E-state index contributed by atoms with van der Waals surface area (Å²) in [6.45, 7) is 4.55. The van der Waals surface area contributed by atoms with Gasteiger partial charge in [0.05, 0.1) is 24.8 Å². The molecule has 3 aromatic heterocycles. The lowest BCUT2D eigenvalue weighted by Gasteiger charge is -2.34. The molecule has 9 nitrogen and oxygen atoms in total. The summed E-state index contributed by atoms with van der Waals surface area (Å²) >= 11 is 0. The number of anilines is 1. The van der Waals surface area contributed by atoms with Crippen molar-refractivity contribution in [2.75, 3.05) is 37.7 Å². The number of ether oxygens (including phenoxy) is 1. The first-order valence-corrected chi connectivity index (χ1v) is 9.10. The smallest absolute Gasteiger partial charge is 0.409 e. The lowest BCUT2D eigenvalue weighted by atomic mass is 10.1. The van der Waals surface area contributed by atoms with Gasteiger partial charge in [-0.2, -0.15) is 0 Å². The van der Waals surface area contributed by atoms with Crippen LogP contribution in [-0.2, 0) is 4.74 Å². The van der Waals surface area contributed by atoms with Gasteiger partial charge in [-0.05, 0) is 19.1 Å². The Morgan fingerprint density at radius 1 is 1.18 bits per heavy atom. The molecule has 4 heterocycles. The van der Waals surface area contributed by atoms with Gasteiger partial charge in [0.2, 0.25) is 5.95 Å². The van der Waals surface area contributed by atoms with E-state index in [1.54, 1.807) is 42.9 Å². The van der Waals surface area contributed by atoms with Crippen molar-refractivity contribution in [3.8, 4) is 22.7 Å². The third-order valence-electron chi connectivity index (χ3n) is 4.46. The largest absolute Gasteiger partial charge is 0.463 e. The molecular formula is C19H20N6O3. The van der Waals surface area contributed by atoms with E-state index >= 15 is 0 Å². The second-order valence-corrected chi connectivity index (χ2v) is 6.17.